The third kappa shape index (κ3) is 4.87. The highest BCUT2D eigenvalue weighted by Crippen LogP contribution is 2.20. The summed E-state index contributed by atoms with van der Waals surface area (Å²) in [4.78, 5) is 25.8. The summed E-state index contributed by atoms with van der Waals surface area (Å²) < 4.78 is 40.7. The summed E-state index contributed by atoms with van der Waals surface area (Å²) in [6.45, 7) is -0.000462. The van der Waals surface area contributed by atoms with Crippen molar-refractivity contribution < 1.29 is 27.5 Å². The lowest BCUT2D eigenvalue weighted by molar-refractivity contribution is -0.153. The van der Waals surface area contributed by atoms with E-state index in [2.05, 4.69) is 15.0 Å². The van der Waals surface area contributed by atoms with Crippen LogP contribution in [-0.4, -0.2) is 29.5 Å². The van der Waals surface area contributed by atoms with Gasteiger partial charge in [-0.25, -0.2) is 0 Å². The Morgan fingerprint density at radius 2 is 1.87 bits per heavy atom. The molecule has 2 N–H and O–H groups in total. The lowest BCUT2D eigenvalue weighted by Gasteiger charge is -2.10. The zero-order valence-corrected chi connectivity index (χ0v) is 12.0. The maximum absolute atomic E-state index is 12.0. The number of aromatic amines is 1. The minimum atomic E-state index is -4.41. The fraction of sp³-hybridized carbons (Fsp3) is 0.200. The van der Waals surface area contributed by atoms with Crippen LogP contribution in [0.4, 0.5) is 18.9 Å². The fourth-order valence-corrected chi connectivity index (χ4v) is 1.73. The van der Waals surface area contributed by atoms with E-state index in [0.717, 1.165) is 0 Å². The van der Waals surface area contributed by atoms with E-state index in [1.165, 1.54) is 43.5 Å². The molecule has 5 nitrogen and oxygen atoms in total. The smallest absolute Gasteiger partial charge is 0.422 e. The number of halogens is 3. The van der Waals surface area contributed by atoms with Gasteiger partial charge in [-0.3, -0.25) is 9.59 Å². The van der Waals surface area contributed by atoms with E-state index in [1.54, 1.807) is 0 Å². The molecule has 1 aromatic carbocycles. The Morgan fingerprint density at radius 3 is 2.39 bits per heavy atom. The summed E-state index contributed by atoms with van der Waals surface area (Å²) >= 11 is 0. The first kappa shape index (κ1) is 16.6. The number of carbonyl (C=O) groups is 2. The first-order chi connectivity index (χ1) is 10.7. The number of alkyl halides is 3. The second kappa shape index (κ2) is 6.55. The number of benzene rings is 1. The van der Waals surface area contributed by atoms with Crippen molar-refractivity contribution in [2.24, 2.45) is 0 Å². The van der Waals surface area contributed by atoms with E-state index in [9.17, 15) is 22.8 Å². The highest BCUT2D eigenvalue weighted by atomic mass is 19.4. The fourth-order valence-electron chi connectivity index (χ4n) is 1.73. The van der Waals surface area contributed by atoms with Crippen molar-refractivity contribution in [3.63, 3.8) is 0 Å². The zero-order valence-electron chi connectivity index (χ0n) is 12.0. The molecule has 1 amide bonds. The summed E-state index contributed by atoms with van der Waals surface area (Å²) in [7, 11) is 0. The second-order valence-corrected chi connectivity index (χ2v) is 4.74. The van der Waals surface area contributed by atoms with Gasteiger partial charge < -0.3 is 15.0 Å². The predicted molar refractivity (Wildman–Crippen MR) is 76.7 cm³/mol. The van der Waals surface area contributed by atoms with Crippen molar-refractivity contribution in [1.82, 2.24) is 4.98 Å². The van der Waals surface area contributed by atoms with Gasteiger partial charge in [-0.2, -0.15) is 13.2 Å². The van der Waals surface area contributed by atoms with Gasteiger partial charge in [0.2, 0.25) is 0 Å². The molecule has 0 saturated heterocycles. The molecule has 0 fully saturated rings. The number of ketones is 1. The quantitative estimate of drug-likeness (QED) is 0.827. The Labute approximate surface area is 129 Å². The zero-order chi connectivity index (χ0) is 17.0. The molecule has 0 aliphatic heterocycles. The van der Waals surface area contributed by atoms with Crippen LogP contribution in [0.1, 0.15) is 27.8 Å². The molecule has 0 aliphatic carbocycles. The largest absolute Gasteiger partial charge is 0.484 e. The molecule has 1 aromatic heterocycles. The molecule has 122 valence electrons. The number of H-pyrrole nitrogens is 1. The van der Waals surface area contributed by atoms with E-state index in [4.69, 9.17) is 0 Å². The number of amides is 1. The molecular formula is C15H13F3N2O3. The van der Waals surface area contributed by atoms with Crippen LogP contribution in [0.3, 0.4) is 0 Å². The molecule has 1 heterocycles. The first-order valence-electron chi connectivity index (χ1n) is 6.55. The van der Waals surface area contributed by atoms with E-state index < -0.39 is 18.7 Å². The minimum Gasteiger partial charge on any atom is -0.484 e. The van der Waals surface area contributed by atoms with E-state index >= 15 is 0 Å². The monoisotopic (exact) mass is 326 g/mol. The highest BCUT2D eigenvalue weighted by molar-refractivity contribution is 6.05. The van der Waals surface area contributed by atoms with Crippen molar-refractivity contribution in [3.05, 3.63) is 47.8 Å². The van der Waals surface area contributed by atoms with Crippen LogP contribution < -0.4 is 10.1 Å². The maximum Gasteiger partial charge on any atom is 0.422 e. The lowest BCUT2D eigenvalue weighted by Crippen LogP contribution is -2.19. The minimum absolute atomic E-state index is 0.0408. The van der Waals surface area contributed by atoms with Crippen molar-refractivity contribution >= 4 is 17.4 Å². The topological polar surface area (TPSA) is 71.2 Å². The van der Waals surface area contributed by atoms with Gasteiger partial charge in [0, 0.05) is 17.4 Å². The molecule has 23 heavy (non-hydrogen) atoms. The molecule has 0 radical (unpaired) electrons. The summed E-state index contributed by atoms with van der Waals surface area (Å²) in [6, 6.07) is 6.88. The third-order valence-electron chi connectivity index (χ3n) is 2.85. The van der Waals surface area contributed by atoms with Crippen molar-refractivity contribution in [2.45, 2.75) is 13.1 Å². The Hall–Kier alpha value is -2.77. The van der Waals surface area contributed by atoms with Gasteiger partial charge in [0.1, 0.15) is 11.4 Å². The molecular weight excluding hydrogens is 313 g/mol. The summed E-state index contributed by atoms with van der Waals surface area (Å²) in [5.41, 5.74) is 0.965. The van der Waals surface area contributed by atoms with Crippen LogP contribution in [0, 0.1) is 0 Å². The number of hydrogen-bond donors (Lipinski definition) is 2. The molecule has 0 saturated carbocycles. The summed E-state index contributed by atoms with van der Waals surface area (Å²) in [5, 5.41) is 2.55. The van der Waals surface area contributed by atoms with E-state index in [0.29, 0.717) is 11.3 Å². The molecule has 0 spiro atoms. The van der Waals surface area contributed by atoms with Gasteiger partial charge in [0.05, 0.1) is 0 Å². The number of rotatable bonds is 5. The number of nitrogens with one attached hydrogen (secondary N) is 2. The number of Topliss-reactive ketones (excluding diaryl/α,β-unsaturated/α-hetero) is 1. The van der Waals surface area contributed by atoms with Gasteiger partial charge in [-0.15, -0.1) is 0 Å². The predicted octanol–water partition coefficient (Wildman–Crippen LogP) is 3.41. The third-order valence-corrected chi connectivity index (χ3v) is 2.85. The Kier molecular flexibility index (Phi) is 4.73. The number of aromatic nitrogens is 1. The Bertz CT molecular complexity index is 706. The first-order valence-corrected chi connectivity index (χ1v) is 6.55. The number of carbonyl (C=O) groups excluding carboxylic acids is 2. The van der Waals surface area contributed by atoms with Gasteiger partial charge in [-0.1, -0.05) is 0 Å². The van der Waals surface area contributed by atoms with Gasteiger partial charge in [0.25, 0.3) is 5.91 Å². The number of anilines is 1. The van der Waals surface area contributed by atoms with Crippen molar-refractivity contribution in [2.75, 3.05) is 11.9 Å². The van der Waals surface area contributed by atoms with Gasteiger partial charge >= 0.3 is 6.18 Å². The van der Waals surface area contributed by atoms with Crippen molar-refractivity contribution in [1.29, 1.82) is 0 Å². The molecule has 2 aromatic rings. The SMILES string of the molecule is CC(=O)c1c[nH]c(C(=O)Nc2ccc(OCC(F)(F)F)cc2)c1. The standard InChI is InChI=1S/C15H13F3N2O3/c1-9(21)10-6-13(19-7-10)14(22)20-11-2-4-12(5-3-11)23-8-15(16,17)18/h2-7,19H,8H2,1H3,(H,20,22). The average Bonchev–Trinajstić information content (AvgIpc) is 2.96. The Balaban J connectivity index is 1.97. The average molecular weight is 326 g/mol. The van der Waals surface area contributed by atoms with Crippen LogP contribution in [0.15, 0.2) is 36.5 Å². The molecule has 0 bridgehead atoms. The molecule has 8 heteroatoms. The maximum atomic E-state index is 12.0. The molecule has 0 unspecified atom stereocenters. The van der Waals surface area contributed by atoms with E-state index in [1.807, 2.05) is 0 Å². The summed E-state index contributed by atoms with van der Waals surface area (Å²) in [5.74, 6) is -0.605. The van der Waals surface area contributed by atoms with Gasteiger partial charge in [-0.05, 0) is 37.3 Å². The normalized spacial score (nSPS) is 11.1. The number of hydrogen-bond acceptors (Lipinski definition) is 3. The second-order valence-electron chi connectivity index (χ2n) is 4.74. The lowest BCUT2D eigenvalue weighted by atomic mass is 10.2. The van der Waals surface area contributed by atoms with Crippen LogP contribution >= 0.6 is 0 Å². The molecule has 0 atom stereocenters. The van der Waals surface area contributed by atoms with Crippen LogP contribution in [-0.2, 0) is 0 Å². The van der Waals surface area contributed by atoms with E-state index in [-0.39, 0.29) is 17.2 Å². The molecule has 2 rings (SSSR count). The molecule has 0 aliphatic rings. The van der Waals surface area contributed by atoms with Gasteiger partial charge in [0.15, 0.2) is 12.4 Å². The van der Waals surface area contributed by atoms with Crippen LogP contribution in [0.2, 0.25) is 0 Å². The highest BCUT2D eigenvalue weighted by Gasteiger charge is 2.28. The summed E-state index contributed by atoms with van der Waals surface area (Å²) in [6.07, 6.45) is -2.99. The van der Waals surface area contributed by atoms with Crippen LogP contribution in [0.5, 0.6) is 5.75 Å². The van der Waals surface area contributed by atoms with Crippen LogP contribution in [0.25, 0.3) is 0 Å². The van der Waals surface area contributed by atoms with Crippen molar-refractivity contribution in [3.8, 4) is 5.75 Å². The number of ether oxygens (including phenoxy) is 1. The Morgan fingerprint density at radius 1 is 1.22 bits per heavy atom.